The molecule has 0 heterocycles. The van der Waals surface area contributed by atoms with Crippen molar-refractivity contribution in [1.29, 1.82) is 0 Å². The second kappa shape index (κ2) is 11.2. The molecule has 1 atom stereocenters. The lowest BCUT2D eigenvalue weighted by Crippen LogP contribution is -2.41. The Bertz CT molecular complexity index is 886. The number of rotatable bonds is 7. The summed E-state index contributed by atoms with van der Waals surface area (Å²) in [5, 5.41) is 11.5. The van der Waals surface area contributed by atoms with E-state index in [0.29, 0.717) is 19.0 Å². The van der Waals surface area contributed by atoms with Crippen LogP contribution in [0, 0.1) is 6.92 Å². The van der Waals surface area contributed by atoms with Gasteiger partial charge in [0.15, 0.2) is 5.96 Å². The van der Waals surface area contributed by atoms with Crippen LogP contribution in [0.3, 0.4) is 0 Å². The third kappa shape index (κ3) is 7.64. The fraction of sp³-hybridized carbons (Fsp3) is 0.316. The third-order valence-electron chi connectivity index (χ3n) is 3.91. The lowest BCUT2D eigenvalue weighted by atomic mass is 10.2. The number of aliphatic imine (C=N–C) groups is 1. The maximum absolute atomic E-state index is 11.3. The molecule has 0 amide bonds. The summed E-state index contributed by atoms with van der Waals surface area (Å²) in [6.07, 6.45) is -0.0429. The van der Waals surface area contributed by atoms with Gasteiger partial charge in [0, 0.05) is 13.6 Å². The van der Waals surface area contributed by atoms with Gasteiger partial charge in [-0.05, 0) is 43.2 Å². The van der Waals surface area contributed by atoms with Gasteiger partial charge in [-0.2, -0.15) is 0 Å². The minimum absolute atomic E-state index is 0. The van der Waals surface area contributed by atoms with Crippen molar-refractivity contribution in [2.45, 2.75) is 31.4 Å². The van der Waals surface area contributed by atoms with Gasteiger partial charge in [0.2, 0.25) is 10.0 Å². The van der Waals surface area contributed by atoms with E-state index < -0.39 is 10.0 Å². The second-order valence-corrected chi connectivity index (χ2v) is 7.75. The van der Waals surface area contributed by atoms with Crippen molar-refractivity contribution in [3.05, 3.63) is 59.7 Å². The predicted molar refractivity (Wildman–Crippen MR) is 123 cm³/mol. The minimum atomic E-state index is -3.67. The normalized spacial score (nSPS) is 12.6. The Hall–Kier alpha value is -1.85. The molecule has 28 heavy (non-hydrogen) atoms. The maximum Gasteiger partial charge on any atom is 0.238 e. The average molecular weight is 518 g/mol. The van der Waals surface area contributed by atoms with E-state index in [1.165, 1.54) is 12.1 Å². The highest BCUT2D eigenvalue weighted by atomic mass is 127. The molecule has 2 aromatic rings. The van der Waals surface area contributed by atoms with Crippen molar-refractivity contribution in [1.82, 2.24) is 10.6 Å². The fourth-order valence-corrected chi connectivity index (χ4v) is 2.91. The first-order chi connectivity index (χ1) is 12.8. The van der Waals surface area contributed by atoms with Crippen molar-refractivity contribution in [3.8, 4) is 5.75 Å². The largest absolute Gasteiger partial charge is 0.489 e. The van der Waals surface area contributed by atoms with Gasteiger partial charge in [-0.15, -0.1) is 24.0 Å². The lowest BCUT2D eigenvalue weighted by Gasteiger charge is -2.19. The van der Waals surface area contributed by atoms with Crippen molar-refractivity contribution < 1.29 is 13.2 Å². The second-order valence-electron chi connectivity index (χ2n) is 6.19. The van der Waals surface area contributed by atoms with Crippen LogP contribution in [0.4, 0.5) is 0 Å². The van der Waals surface area contributed by atoms with Gasteiger partial charge < -0.3 is 15.4 Å². The first kappa shape index (κ1) is 24.2. The molecular weight excluding hydrogens is 491 g/mol. The number of para-hydroxylation sites is 1. The van der Waals surface area contributed by atoms with Gasteiger partial charge in [0.05, 0.1) is 11.4 Å². The summed E-state index contributed by atoms with van der Waals surface area (Å²) < 4.78 is 28.5. The molecule has 1 unspecified atom stereocenters. The Morgan fingerprint density at radius 3 is 2.36 bits per heavy atom. The number of ether oxygens (including phenoxy) is 1. The first-order valence-electron chi connectivity index (χ1n) is 8.58. The van der Waals surface area contributed by atoms with Crippen LogP contribution in [0.2, 0.25) is 0 Å². The Morgan fingerprint density at radius 1 is 1.14 bits per heavy atom. The van der Waals surface area contributed by atoms with E-state index in [4.69, 9.17) is 9.88 Å². The molecule has 0 spiro atoms. The molecule has 0 saturated carbocycles. The number of nitrogens with zero attached hydrogens (tertiary/aromatic N) is 1. The predicted octanol–water partition coefficient (Wildman–Crippen LogP) is 2.39. The molecule has 0 fully saturated rings. The fourth-order valence-electron chi connectivity index (χ4n) is 2.39. The number of hydrogen-bond acceptors (Lipinski definition) is 4. The van der Waals surface area contributed by atoms with Crippen LogP contribution in [0.1, 0.15) is 18.1 Å². The van der Waals surface area contributed by atoms with E-state index in [0.717, 1.165) is 16.9 Å². The van der Waals surface area contributed by atoms with Crippen molar-refractivity contribution in [2.75, 3.05) is 13.6 Å². The van der Waals surface area contributed by atoms with Gasteiger partial charge in [0.25, 0.3) is 0 Å². The number of hydrogen-bond donors (Lipinski definition) is 3. The maximum atomic E-state index is 11.3. The number of halogens is 1. The summed E-state index contributed by atoms with van der Waals surface area (Å²) in [5.41, 5.74) is 2.00. The highest BCUT2D eigenvalue weighted by Gasteiger charge is 2.09. The Kier molecular flexibility index (Phi) is 9.70. The van der Waals surface area contributed by atoms with Crippen LogP contribution < -0.4 is 20.5 Å². The molecule has 0 radical (unpaired) electrons. The van der Waals surface area contributed by atoms with Gasteiger partial charge in [-0.1, -0.05) is 30.3 Å². The van der Waals surface area contributed by atoms with Crippen LogP contribution in [-0.2, 0) is 16.6 Å². The van der Waals surface area contributed by atoms with Crippen LogP contribution in [0.25, 0.3) is 0 Å². The highest BCUT2D eigenvalue weighted by Crippen LogP contribution is 2.17. The molecule has 0 aliphatic rings. The summed E-state index contributed by atoms with van der Waals surface area (Å²) >= 11 is 0. The molecular formula is C19H27IN4O3S. The Morgan fingerprint density at radius 2 is 1.79 bits per heavy atom. The smallest absolute Gasteiger partial charge is 0.238 e. The molecule has 2 aromatic carbocycles. The SMILES string of the molecule is CN=C(NCc1ccc(S(N)(=O)=O)cc1)NCC(C)Oc1ccccc1C.I. The van der Waals surface area contributed by atoms with E-state index in [1.54, 1.807) is 19.2 Å². The van der Waals surface area contributed by atoms with Crippen LogP contribution in [0.15, 0.2) is 58.4 Å². The van der Waals surface area contributed by atoms with E-state index in [1.807, 2.05) is 38.1 Å². The Labute approximate surface area is 183 Å². The summed E-state index contributed by atoms with van der Waals surface area (Å²) in [6, 6.07) is 14.3. The number of primary sulfonamides is 1. The van der Waals surface area contributed by atoms with E-state index >= 15 is 0 Å². The van der Waals surface area contributed by atoms with Crippen molar-refractivity contribution in [3.63, 3.8) is 0 Å². The van der Waals surface area contributed by atoms with E-state index in [-0.39, 0.29) is 35.0 Å². The van der Waals surface area contributed by atoms with Crippen molar-refractivity contribution in [2.24, 2.45) is 10.1 Å². The van der Waals surface area contributed by atoms with Crippen LogP contribution in [0.5, 0.6) is 5.75 Å². The molecule has 4 N–H and O–H groups in total. The van der Waals surface area contributed by atoms with Gasteiger partial charge in [-0.3, -0.25) is 4.99 Å². The molecule has 9 heteroatoms. The van der Waals surface area contributed by atoms with Crippen LogP contribution >= 0.6 is 24.0 Å². The van der Waals surface area contributed by atoms with Gasteiger partial charge >= 0.3 is 0 Å². The number of benzene rings is 2. The third-order valence-corrected chi connectivity index (χ3v) is 4.84. The molecule has 0 saturated heterocycles. The standard InChI is InChI=1S/C19H26N4O3S.HI/c1-14-6-4-5-7-18(14)26-15(2)12-22-19(21-3)23-13-16-8-10-17(11-9-16)27(20,24)25;/h4-11,15H,12-13H2,1-3H3,(H2,20,24,25)(H2,21,22,23);1H. The highest BCUT2D eigenvalue weighted by molar-refractivity contribution is 14.0. The number of nitrogens with two attached hydrogens (primary N) is 1. The summed E-state index contributed by atoms with van der Waals surface area (Å²) in [6.45, 7) is 5.08. The molecule has 0 aliphatic heterocycles. The molecule has 0 aliphatic carbocycles. The number of guanidine groups is 1. The summed E-state index contributed by atoms with van der Waals surface area (Å²) in [7, 11) is -1.99. The molecule has 154 valence electrons. The van der Waals surface area contributed by atoms with E-state index in [9.17, 15) is 8.42 Å². The summed E-state index contributed by atoms with van der Waals surface area (Å²) in [5.74, 6) is 1.50. The number of sulfonamides is 1. The molecule has 0 aromatic heterocycles. The zero-order valence-electron chi connectivity index (χ0n) is 16.2. The number of aryl methyl sites for hydroxylation is 1. The quantitative estimate of drug-likeness (QED) is 0.297. The Balaban J connectivity index is 0.00000392. The molecule has 7 nitrogen and oxygen atoms in total. The van der Waals surface area contributed by atoms with Gasteiger partial charge in [0.1, 0.15) is 11.9 Å². The molecule has 2 rings (SSSR count). The monoisotopic (exact) mass is 518 g/mol. The minimum Gasteiger partial charge on any atom is -0.489 e. The zero-order chi connectivity index (χ0) is 19.9. The molecule has 0 bridgehead atoms. The lowest BCUT2D eigenvalue weighted by molar-refractivity contribution is 0.222. The van der Waals surface area contributed by atoms with Crippen LogP contribution in [-0.4, -0.2) is 34.1 Å². The van der Waals surface area contributed by atoms with E-state index in [2.05, 4.69) is 15.6 Å². The zero-order valence-corrected chi connectivity index (χ0v) is 19.3. The number of nitrogens with one attached hydrogen (secondary N) is 2. The first-order valence-corrected chi connectivity index (χ1v) is 10.1. The van der Waals surface area contributed by atoms with Gasteiger partial charge in [-0.25, -0.2) is 13.6 Å². The van der Waals surface area contributed by atoms with Crippen molar-refractivity contribution >= 4 is 40.0 Å². The summed E-state index contributed by atoms with van der Waals surface area (Å²) in [4.78, 5) is 4.27. The average Bonchev–Trinajstić information content (AvgIpc) is 2.63. The topological polar surface area (TPSA) is 106 Å².